The van der Waals surface area contributed by atoms with Crippen molar-refractivity contribution in [2.75, 3.05) is 24.3 Å². The second-order valence-corrected chi connectivity index (χ2v) is 4.91. The maximum absolute atomic E-state index is 13.5. The molecule has 0 spiro atoms. The van der Waals surface area contributed by atoms with Gasteiger partial charge in [0.15, 0.2) is 17.5 Å². The summed E-state index contributed by atoms with van der Waals surface area (Å²) in [5, 5.41) is 5.29. The maximum Gasteiger partial charge on any atom is 0.243 e. The first kappa shape index (κ1) is 17.0. The molecular formula is C15H12ClF3N2O2. The van der Waals surface area contributed by atoms with Crippen LogP contribution in [-0.2, 0) is 4.79 Å². The molecule has 8 heteroatoms. The van der Waals surface area contributed by atoms with Crippen LogP contribution in [0.1, 0.15) is 0 Å². The van der Waals surface area contributed by atoms with Crippen LogP contribution in [0, 0.1) is 17.5 Å². The number of rotatable bonds is 5. The van der Waals surface area contributed by atoms with E-state index >= 15 is 0 Å². The first-order valence-corrected chi connectivity index (χ1v) is 6.81. The minimum absolute atomic E-state index is 0.322. The molecule has 0 aliphatic heterocycles. The van der Waals surface area contributed by atoms with Crippen molar-refractivity contribution in [2.24, 2.45) is 0 Å². The van der Waals surface area contributed by atoms with Gasteiger partial charge in [-0.15, -0.1) is 0 Å². The quantitative estimate of drug-likeness (QED) is 0.811. The van der Waals surface area contributed by atoms with Gasteiger partial charge < -0.3 is 15.4 Å². The summed E-state index contributed by atoms with van der Waals surface area (Å²) in [5.41, 5.74) is 0.00895. The third kappa shape index (κ3) is 4.07. The van der Waals surface area contributed by atoms with Gasteiger partial charge in [0.05, 0.1) is 25.0 Å². The lowest BCUT2D eigenvalue weighted by Crippen LogP contribution is -2.22. The third-order valence-corrected chi connectivity index (χ3v) is 3.15. The Labute approximate surface area is 135 Å². The van der Waals surface area contributed by atoms with E-state index in [4.69, 9.17) is 16.3 Å². The first-order valence-electron chi connectivity index (χ1n) is 6.43. The van der Waals surface area contributed by atoms with Gasteiger partial charge in [-0.3, -0.25) is 4.79 Å². The SMILES string of the molecule is COc1ccc(Cl)cc1NC(=O)CNc1ccc(F)c(F)c1F. The molecule has 0 heterocycles. The molecule has 0 aromatic heterocycles. The van der Waals surface area contributed by atoms with Gasteiger partial charge >= 0.3 is 0 Å². The van der Waals surface area contributed by atoms with Gasteiger partial charge in [-0.25, -0.2) is 13.2 Å². The summed E-state index contributed by atoms with van der Waals surface area (Å²) in [6.45, 7) is -0.363. The summed E-state index contributed by atoms with van der Waals surface area (Å²) in [6.07, 6.45) is 0. The Morgan fingerprint density at radius 2 is 1.87 bits per heavy atom. The Bertz CT molecular complexity index is 741. The third-order valence-electron chi connectivity index (χ3n) is 2.91. The zero-order valence-electron chi connectivity index (χ0n) is 11.9. The summed E-state index contributed by atoms with van der Waals surface area (Å²) in [6, 6.07) is 6.40. The van der Waals surface area contributed by atoms with Crippen LogP contribution in [0.4, 0.5) is 24.5 Å². The van der Waals surface area contributed by atoms with E-state index in [0.29, 0.717) is 16.5 Å². The summed E-state index contributed by atoms with van der Waals surface area (Å²) in [7, 11) is 1.42. The molecule has 0 atom stereocenters. The fourth-order valence-corrected chi connectivity index (χ4v) is 1.98. The standard InChI is InChI=1S/C15H12ClF3N2O2/c1-23-12-5-2-8(16)6-11(12)21-13(22)7-20-10-4-3-9(17)14(18)15(10)19/h2-6,20H,7H2,1H3,(H,21,22). The molecule has 122 valence electrons. The highest BCUT2D eigenvalue weighted by Crippen LogP contribution is 2.27. The number of anilines is 2. The van der Waals surface area contributed by atoms with E-state index in [-0.39, 0.29) is 12.2 Å². The number of hydrogen-bond acceptors (Lipinski definition) is 3. The summed E-state index contributed by atoms with van der Waals surface area (Å²) in [5.74, 6) is -4.46. The van der Waals surface area contributed by atoms with Crippen molar-refractivity contribution in [1.82, 2.24) is 0 Å². The van der Waals surface area contributed by atoms with E-state index in [9.17, 15) is 18.0 Å². The second kappa shape index (κ2) is 7.23. The number of carbonyl (C=O) groups excluding carboxylic acids is 1. The molecule has 0 bridgehead atoms. The Morgan fingerprint density at radius 3 is 2.57 bits per heavy atom. The van der Waals surface area contributed by atoms with E-state index in [0.717, 1.165) is 12.1 Å². The highest BCUT2D eigenvalue weighted by atomic mass is 35.5. The van der Waals surface area contributed by atoms with Gasteiger partial charge in [0.2, 0.25) is 5.91 Å². The molecule has 0 aliphatic rings. The number of amides is 1. The number of benzene rings is 2. The van der Waals surface area contributed by atoms with Crippen LogP contribution in [0.15, 0.2) is 30.3 Å². The lowest BCUT2D eigenvalue weighted by molar-refractivity contribution is -0.114. The predicted molar refractivity (Wildman–Crippen MR) is 81.4 cm³/mol. The molecule has 2 aromatic rings. The van der Waals surface area contributed by atoms with Crippen LogP contribution in [-0.4, -0.2) is 19.6 Å². The van der Waals surface area contributed by atoms with Gasteiger partial charge in [0.1, 0.15) is 5.75 Å². The molecule has 0 fully saturated rings. The maximum atomic E-state index is 13.5. The normalized spacial score (nSPS) is 10.3. The Morgan fingerprint density at radius 1 is 1.13 bits per heavy atom. The summed E-state index contributed by atoms with van der Waals surface area (Å²) in [4.78, 5) is 11.9. The van der Waals surface area contributed by atoms with E-state index < -0.39 is 23.4 Å². The molecule has 23 heavy (non-hydrogen) atoms. The summed E-state index contributed by atoms with van der Waals surface area (Å²) < 4.78 is 44.4. The topological polar surface area (TPSA) is 50.4 Å². The molecule has 2 aromatic carbocycles. The van der Waals surface area contributed by atoms with Crippen LogP contribution in [0.5, 0.6) is 5.75 Å². The zero-order chi connectivity index (χ0) is 17.0. The molecule has 0 aliphatic carbocycles. The van der Waals surface area contributed by atoms with Crippen molar-refractivity contribution in [3.63, 3.8) is 0 Å². The lowest BCUT2D eigenvalue weighted by Gasteiger charge is -2.12. The van der Waals surface area contributed by atoms with Crippen LogP contribution >= 0.6 is 11.6 Å². The molecule has 0 unspecified atom stereocenters. The Balaban J connectivity index is 2.04. The average Bonchev–Trinajstić information content (AvgIpc) is 2.52. The number of methoxy groups -OCH3 is 1. The molecule has 1 amide bonds. The van der Waals surface area contributed by atoms with Gasteiger partial charge in [-0.1, -0.05) is 11.6 Å². The highest BCUT2D eigenvalue weighted by Gasteiger charge is 2.14. The number of ether oxygens (including phenoxy) is 1. The van der Waals surface area contributed by atoms with Gasteiger partial charge in [0.25, 0.3) is 0 Å². The van der Waals surface area contributed by atoms with E-state index in [1.165, 1.54) is 13.2 Å². The molecule has 0 saturated carbocycles. The lowest BCUT2D eigenvalue weighted by atomic mass is 10.2. The highest BCUT2D eigenvalue weighted by molar-refractivity contribution is 6.31. The molecule has 2 N–H and O–H groups in total. The fraction of sp³-hybridized carbons (Fsp3) is 0.133. The van der Waals surface area contributed by atoms with Crippen LogP contribution < -0.4 is 15.4 Å². The van der Waals surface area contributed by atoms with Crippen LogP contribution in [0.25, 0.3) is 0 Å². The molecule has 0 saturated heterocycles. The number of halogens is 4. The minimum atomic E-state index is -1.60. The van der Waals surface area contributed by atoms with Crippen molar-refractivity contribution >= 4 is 28.9 Å². The van der Waals surface area contributed by atoms with E-state index in [1.807, 2.05) is 0 Å². The molecule has 2 rings (SSSR count). The predicted octanol–water partition coefficient (Wildman–Crippen LogP) is 3.82. The van der Waals surface area contributed by atoms with Crippen molar-refractivity contribution < 1.29 is 22.7 Å². The monoisotopic (exact) mass is 344 g/mol. The van der Waals surface area contributed by atoms with Crippen molar-refractivity contribution in [2.45, 2.75) is 0 Å². The zero-order valence-corrected chi connectivity index (χ0v) is 12.7. The van der Waals surface area contributed by atoms with Crippen molar-refractivity contribution in [3.8, 4) is 5.75 Å². The second-order valence-electron chi connectivity index (χ2n) is 4.47. The van der Waals surface area contributed by atoms with Crippen LogP contribution in [0.3, 0.4) is 0 Å². The number of carbonyl (C=O) groups is 1. The van der Waals surface area contributed by atoms with Crippen molar-refractivity contribution in [1.29, 1.82) is 0 Å². The smallest absolute Gasteiger partial charge is 0.243 e. The Hall–Kier alpha value is -2.41. The Kier molecular flexibility index (Phi) is 5.33. The van der Waals surface area contributed by atoms with Crippen molar-refractivity contribution in [3.05, 3.63) is 52.8 Å². The molecule has 4 nitrogen and oxygen atoms in total. The number of nitrogens with one attached hydrogen (secondary N) is 2. The molecule has 0 radical (unpaired) electrons. The fourth-order valence-electron chi connectivity index (χ4n) is 1.81. The summed E-state index contributed by atoms with van der Waals surface area (Å²) >= 11 is 5.83. The largest absolute Gasteiger partial charge is 0.495 e. The van der Waals surface area contributed by atoms with Gasteiger partial charge in [0, 0.05) is 5.02 Å². The minimum Gasteiger partial charge on any atom is -0.495 e. The van der Waals surface area contributed by atoms with Gasteiger partial charge in [-0.05, 0) is 30.3 Å². The van der Waals surface area contributed by atoms with Gasteiger partial charge in [-0.2, -0.15) is 0 Å². The van der Waals surface area contributed by atoms with E-state index in [2.05, 4.69) is 10.6 Å². The molecular weight excluding hydrogens is 333 g/mol. The van der Waals surface area contributed by atoms with E-state index in [1.54, 1.807) is 12.1 Å². The van der Waals surface area contributed by atoms with Crippen LogP contribution in [0.2, 0.25) is 5.02 Å². The average molecular weight is 345 g/mol. The number of hydrogen-bond donors (Lipinski definition) is 2. The first-order chi connectivity index (χ1) is 10.9.